The molecule has 0 fully saturated rings. The Morgan fingerprint density at radius 3 is 2.78 bits per heavy atom. The minimum Gasteiger partial charge on any atom is -0.496 e. The number of ether oxygens (including phenoxy) is 4. The van der Waals surface area contributed by atoms with Gasteiger partial charge < -0.3 is 18.9 Å². The van der Waals surface area contributed by atoms with E-state index in [1.807, 2.05) is 0 Å². The molecule has 1 aromatic rings. The lowest BCUT2D eigenvalue weighted by Gasteiger charge is -2.21. The lowest BCUT2D eigenvalue weighted by atomic mass is 10.1. The molecule has 1 aliphatic heterocycles. The van der Waals surface area contributed by atoms with Crippen LogP contribution >= 0.6 is 0 Å². The maximum atomic E-state index is 11.1. The van der Waals surface area contributed by atoms with Gasteiger partial charge in [-0.1, -0.05) is 0 Å². The molecule has 5 heteroatoms. The van der Waals surface area contributed by atoms with Gasteiger partial charge in [0.05, 0.1) is 19.8 Å². The van der Waals surface area contributed by atoms with Crippen LogP contribution in [-0.2, 0) is 9.53 Å². The standard InChI is InChI=1S/C13H14O5/c1-15-10-4-5-11-13(18-8-7-17-11)9(10)3-6-12(14)16-2/h3-6H,7-8H2,1-2H3/b6-3+. The van der Waals surface area contributed by atoms with E-state index in [2.05, 4.69) is 4.74 Å². The van der Waals surface area contributed by atoms with E-state index in [0.717, 1.165) is 0 Å². The molecule has 0 radical (unpaired) electrons. The van der Waals surface area contributed by atoms with Gasteiger partial charge in [0.1, 0.15) is 19.0 Å². The highest BCUT2D eigenvalue weighted by Gasteiger charge is 2.18. The largest absolute Gasteiger partial charge is 0.496 e. The summed E-state index contributed by atoms with van der Waals surface area (Å²) in [4.78, 5) is 11.1. The predicted octanol–water partition coefficient (Wildman–Crippen LogP) is 1.65. The molecular formula is C13H14O5. The Morgan fingerprint density at radius 1 is 1.28 bits per heavy atom. The Morgan fingerprint density at radius 2 is 2.06 bits per heavy atom. The Bertz CT molecular complexity index is 479. The van der Waals surface area contributed by atoms with Crippen molar-refractivity contribution in [3.05, 3.63) is 23.8 Å². The van der Waals surface area contributed by atoms with Gasteiger partial charge in [0.25, 0.3) is 0 Å². The molecule has 0 atom stereocenters. The van der Waals surface area contributed by atoms with Crippen molar-refractivity contribution >= 4 is 12.0 Å². The van der Waals surface area contributed by atoms with Gasteiger partial charge in [-0.15, -0.1) is 0 Å². The molecule has 0 amide bonds. The van der Waals surface area contributed by atoms with Crippen LogP contribution in [0.15, 0.2) is 18.2 Å². The molecule has 0 bridgehead atoms. The van der Waals surface area contributed by atoms with Crippen LogP contribution in [0.1, 0.15) is 5.56 Å². The van der Waals surface area contributed by atoms with Crippen LogP contribution in [0, 0.1) is 0 Å². The first-order chi connectivity index (χ1) is 8.76. The van der Waals surface area contributed by atoms with E-state index in [1.165, 1.54) is 13.2 Å². The molecular weight excluding hydrogens is 236 g/mol. The highest BCUT2D eigenvalue weighted by Crippen LogP contribution is 2.40. The zero-order chi connectivity index (χ0) is 13.0. The van der Waals surface area contributed by atoms with Gasteiger partial charge in [-0.3, -0.25) is 0 Å². The fourth-order valence-electron chi connectivity index (χ4n) is 1.67. The first kappa shape index (κ1) is 12.3. The molecule has 0 aliphatic carbocycles. The number of fused-ring (bicyclic) bond motifs is 1. The van der Waals surface area contributed by atoms with Crippen molar-refractivity contribution in [3.63, 3.8) is 0 Å². The summed E-state index contributed by atoms with van der Waals surface area (Å²) in [7, 11) is 2.88. The van der Waals surface area contributed by atoms with Crippen molar-refractivity contribution < 1.29 is 23.7 Å². The maximum Gasteiger partial charge on any atom is 0.330 e. The van der Waals surface area contributed by atoms with Crippen LogP contribution in [0.25, 0.3) is 6.08 Å². The molecule has 96 valence electrons. The van der Waals surface area contributed by atoms with E-state index in [9.17, 15) is 4.79 Å². The number of esters is 1. The summed E-state index contributed by atoms with van der Waals surface area (Å²) < 4.78 is 20.8. The molecule has 0 spiro atoms. The van der Waals surface area contributed by atoms with E-state index in [0.29, 0.717) is 36.0 Å². The van der Waals surface area contributed by atoms with Crippen LogP contribution in [0.5, 0.6) is 17.2 Å². The molecule has 0 saturated heterocycles. The summed E-state index contributed by atoms with van der Waals surface area (Å²) >= 11 is 0. The SMILES string of the molecule is COC(=O)/C=C/c1c(OC)ccc2c1OCCO2. The average molecular weight is 250 g/mol. The lowest BCUT2D eigenvalue weighted by molar-refractivity contribution is -0.134. The lowest BCUT2D eigenvalue weighted by Crippen LogP contribution is -2.16. The number of carbonyl (C=O) groups is 1. The van der Waals surface area contributed by atoms with Crippen molar-refractivity contribution in [2.24, 2.45) is 0 Å². The van der Waals surface area contributed by atoms with Crippen molar-refractivity contribution in [2.45, 2.75) is 0 Å². The Labute approximate surface area is 105 Å². The summed E-state index contributed by atoms with van der Waals surface area (Å²) in [5.74, 6) is 1.40. The third kappa shape index (κ3) is 2.40. The molecule has 0 aromatic heterocycles. The number of rotatable bonds is 3. The van der Waals surface area contributed by atoms with Gasteiger partial charge in [0.2, 0.25) is 0 Å². The van der Waals surface area contributed by atoms with Crippen LogP contribution in [0.4, 0.5) is 0 Å². The minimum atomic E-state index is -0.439. The van der Waals surface area contributed by atoms with E-state index in [1.54, 1.807) is 25.3 Å². The molecule has 5 nitrogen and oxygen atoms in total. The summed E-state index contributed by atoms with van der Waals surface area (Å²) in [6.07, 6.45) is 2.91. The summed E-state index contributed by atoms with van der Waals surface area (Å²) in [5, 5.41) is 0. The first-order valence-corrected chi connectivity index (χ1v) is 5.49. The van der Waals surface area contributed by atoms with Crippen LogP contribution in [0.3, 0.4) is 0 Å². The van der Waals surface area contributed by atoms with Crippen molar-refractivity contribution in [2.75, 3.05) is 27.4 Å². The van der Waals surface area contributed by atoms with Crippen molar-refractivity contribution in [1.82, 2.24) is 0 Å². The predicted molar refractivity (Wildman–Crippen MR) is 65.0 cm³/mol. The van der Waals surface area contributed by atoms with Crippen LogP contribution in [0.2, 0.25) is 0 Å². The molecule has 0 unspecified atom stereocenters. The number of hydrogen-bond donors (Lipinski definition) is 0. The first-order valence-electron chi connectivity index (χ1n) is 5.49. The second kappa shape index (κ2) is 5.44. The summed E-state index contributed by atoms with van der Waals surface area (Å²) in [6.45, 7) is 0.985. The van der Waals surface area contributed by atoms with Gasteiger partial charge in [-0.2, -0.15) is 0 Å². The third-order valence-corrected chi connectivity index (χ3v) is 2.51. The summed E-state index contributed by atoms with van der Waals surface area (Å²) in [6, 6.07) is 3.55. The number of carbonyl (C=O) groups excluding carboxylic acids is 1. The van der Waals surface area contributed by atoms with E-state index in [4.69, 9.17) is 14.2 Å². The van der Waals surface area contributed by atoms with Gasteiger partial charge in [0.15, 0.2) is 11.5 Å². The molecule has 1 aromatic carbocycles. The van der Waals surface area contributed by atoms with Gasteiger partial charge in [-0.25, -0.2) is 4.79 Å². The number of hydrogen-bond acceptors (Lipinski definition) is 5. The van der Waals surface area contributed by atoms with Gasteiger partial charge >= 0.3 is 5.97 Å². The molecule has 2 rings (SSSR count). The highest BCUT2D eigenvalue weighted by atomic mass is 16.6. The molecule has 1 aliphatic rings. The molecule has 0 N–H and O–H groups in total. The van der Waals surface area contributed by atoms with E-state index >= 15 is 0 Å². The summed E-state index contributed by atoms with van der Waals surface area (Å²) in [5.41, 5.74) is 0.667. The number of methoxy groups -OCH3 is 2. The fourth-order valence-corrected chi connectivity index (χ4v) is 1.67. The Kier molecular flexibility index (Phi) is 3.72. The van der Waals surface area contributed by atoms with Crippen LogP contribution < -0.4 is 14.2 Å². The zero-order valence-electron chi connectivity index (χ0n) is 10.3. The topological polar surface area (TPSA) is 54.0 Å². The third-order valence-electron chi connectivity index (χ3n) is 2.51. The normalized spacial score (nSPS) is 13.4. The highest BCUT2D eigenvalue weighted by molar-refractivity contribution is 5.88. The van der Waals surface area contributed by atoms with Gasteiger partial charge in [0, 0.05) is 6.08 Å². The number of benzene rings is 1. The van der Waals surface area contributed by atoms with Crippen molar-refractivity contribution in [1.29, 1.82) is 0 Å². The molecule has 1 heterocycles. The smallest absolute Gasteiger partial charge is 0.330 e. The zero-order valence-corrected chi connectivity index (χ0v) is 10.3. The van der Waals surface area contributed by atoms with Crippen molar-refractivity contribution in [3.8, 4) is 17.2 Å². The van der Waals surface area contributed by atoms with Crippen LogP contribution in [-0.4, -0.2) is 33.4 Å². The van der Waals surface area contributed by atoms with Gasteiger partial charge in [-0.05, 0) is 18.2 Å². The molecule has 0 saturated carbocycles. The van der Waals surface area contributed by atoms with E-state index in [-0.39, 0.29) is 0 Å². The quantitative estimate of drug-likeness (QED) is 0.603. The second-order valence-corrected chi connectivity index (χ2v) is 3.56. The monoisotopic (exact) mass is 250 g/mol. The average Bonchev–Trinajstić information content (AvgIpc) is 2.44. The maximum absolute atomic E-state index is 11.1. The minimum absolute atomic E-state index is 0.439. The fraction of sp³-hybridized carbons (Fsp3) is 0.308. The molecule has 18 heavy (non-hydrogen) atoms. The van der Waals surface area contributed by atoms with E-state index < -0.39 is 5.97 Å². The second-order valence-electron chi connectivity index (χ2n) is 3.56. The Balaban J connectivity index is 2.42. The Hall–Kier alpha value is -2.17.